The van der Waals surface area contributed by atoms with Crippen LogP contribution in [0.15, 0.2) is 48.5 Å². The second-order valence-electron chi connectivity index (χ2n) is 4.42. The van der Waals surface area contributed by atoms with Crippen molar-refractivity contribution in [2.45, 2.75) is 13.5 Å². The molecule has 0 bridgehead atoms. The summed E-state index contributed by atoms with van der Waals surface area (Å²) in [5.74, 6) is -0.0755. The van der Waals surface area contributed by atoms with Crippen molar-refractivity contribution in [2.75, 3.05) is 10.6 Å². The third-order valence-electron chi connectivity index (χ3n) is 2.78. The number of nitrogens with zero attached hydrogens (tertiary/aromatic N) is 1. The number of nitriles is 1. The average Bonchev–Trinajstić information content (AvgIpc) is 2.46. The van der Waals surface area contributed by atoms with Crippen molar-refractivity contribution in [3.63, 3.8) is 0 Å². The first-order valence-electron chi connectivity index (χ1n) is 6.28. The number of amides is 1. The van der Waals surface area contributed by atoms with Gasteiger partial charge in [-0.25, -0.2) is 0 Å². The van der Waals surface area contributed by atoms with Crippen molar-refractivity contribution in [1.82, 2.24) is 0 Å². The standard InChI is InChI=1S/C16H15N3O/c1-12(20)19-16-8-4-14(5-9-16)11-18-15-6-2-13(10-17)3-7-15/h2-9,18H,11H2,1H3,(H,19,20). The molecule has 0 saturated heterocycles. The van der Waals surface area contributed by atoms with Crippen molar-refractivity contribution in [3.8, 4) is 6.07 Å². The van der Waals surface area contributed by atoms with E-state index in [0.29, 0.717) is 12.1 Å². The van der Waals surface area contributed by atoms with Gasteiger partial charge in [0.05, 0.1) is 11.6 Å². The molecule has 0 aliphatic carbocycles. The van der Waals surface area contributed by atoms with E-state index in [-0.39, 0.29) is 5.91 Å². The molecular weight excluding hydrogens is 250 g/mol. The summed E-state index contributed by atoms with van der Waals surface area (Å²) in [6.07, 6.45) is 0. The van der Waals surface area contributed by atoms with E-state index in [4.69, 9.17) is 5.26 Å². The fourth-order valence-electron chi connectivity index (χ4n) is 1.78. The molecule has 2 rings (SSSR count). The Labute approximate surface area is 118 Å². The smallest absolute Gasteiger partial charge is 0.221 e. The van der Waals surface area contributed by atoms with Gasteiger partial charge in [0.1, 0.15) is 0 Å². The lowest BCUT2D eigenvalue weighted by Crippen LogP contribution is -2.06. The first-order valence-corrected chi connectivity index (χ1v) is 6.28. The highest BCUT2D eigenvalue weighted by Crippen LogP contribution is 2.13. The Morgan fingerprint density at radius 3 is 2.20 bits per heavy atom. The summed E-state index contributed by atoms with van der Waals surface area (Å²) in [5.41, 5.74) is 3.52. The van der Waals surface area contributed by atoms with E-state index >= 15 is 0 Å². The van der Waals surface area contributed by atoms with Gasteiger partial charge in [0.15, 0.2) is 0 Å². The predicted molar refractivity (Wildman–Crippen MR) is 79.2 cm³/mol. The first kappa shape index (κ1) is 13.6. The molecule has 4 nitrogen and oxygen atoms in total. The van der Waals surface area contributed by atoms with E-state index in [9.17, 15) is 4.79 Å². The number of nitrogens with one attached hydrogen (secondary N) is 2. The van der Waals surface area contributed by atoms with Gasteiger partial charge in [0, 0.05) is 24.8 Å². The monoisotopic (exact) mass is 265 g/mol. The summed E-state index contributed by atoms with van der Waals surface area (Å²) < 4.78 is 0. The fraction of sp³-hybridized carbons (Fsp3) is 0.125. The molecule has 2 aromatic carbocycles. The van der Waals surface area contributed by atoms with Gasteiger partial charge in [-0.15, -0.1) is 0 Å². The van der Waals surface area contributed by atoms with Gasteiger partial charge in [-0.1, -0.05) is 12.1 Å². The molecule has 0 heterocycles. The van der Waals surface area contributed by atoms with E-state index in [0.717, 1.165) is 16.9 Å². The molecule has 20 heavy (non-hydrogen) atoms. The maximum atomic E-state index is 10.9. The van der Waals surface area contributed by atoms with Crippen LogP contribution in [0.3, 0.4) is 0 Å². The van der Waals surface area contributed by atoms with Crippen LogP contribution in [0, 0.1) is 11.3 Å². The quantitative estimate of drug-likeness (QED) is 0.892. The van der Waals surface area contributed by atoms with Gasteiger partial charge in [-0.3, -0.25) is 4.79 Å². The number of rotatable bonds is 4. The summed E-state index contributed by atoms with van der Waals surface area (Å²) in [5, 5.41) is 14.7. The van der Waals surface area contributed by atoms with Crippen LogP contribution >= 0.6 is 0 Å². The lowest BCUT2D eigenvalue weighted by Gasteiger charge is -2.08. The van der Waals surface area contributed by atoms with E-state index in [1.54, 1.807) is 12.1 Å². The Morgan fingerprint density at radius 2 is 1.65 bits per heavy atom. The average molecular weight is 265 g/mol. The largest absolute Gasteiger partial charge is 0.381 e. The molecule has 0 spiro atoms. The molecule has 0 aliphatic rings. The molecule has 0 saturated carbocycles. The topological polar surface area (TPSA) is 64.9 Å². The van der Waals surface area contributed by atoms with Crippen LogP contribution in [0.4, 0.5) is 11.4 Å². The van der Waals surface area contributed by atoms with E-state index < -0.39 is 0 Å². The molecule has 1 amide bonds. The first-order chi connectivity index (χ1) is 9.67. The van der Waals surface area contributed by atoms with Crippen LogP contribution in [0.25, 0.3) is 0 Å². The maximum absolute atomic E-state index is 10.9. The third-order valence-corrected chi connectivity index (χ3v) is 2.78. The fourth-order valence-corrected chi connectivity index (χ4v) is 1.78. The molecule has 2 N–H and O–H groups in total. The summed E-state index contributed by atoms with van der Waals surface area (Å²) in [4.78, 5) is 10.9. The zero-order chi connectivity index (χ0) is 14.4. The molecule has 0 aliphatic heterocycles. The van der Waals surface area contributed by atoms with Gasteiger partial charge in [-0.2, -0.15) is 5.26 Å². The van der Waals surface area contributed by atoms with Gasteiger partial charge >= 0.3 is 0 Å². The summed E-state index contributed by atoms with van der Waals surface area (Å²) in [7, 11) is 0. The highest BCUT2D eigenvalue weighted by molar-refractivity contribution is 5.88. The summed E-state index contributed by atoms with van der Waals surface area (Å²) in [6.45, 7) is 2.17. The lowest BCUT2D eigenvalue weighted by molar-refractivity contribution is -0.114. The number of anilines is 2. The molecule has 0 atom stereocenters. The third kappa shape index (κ3) is 3.85. The molecule has 0 unspecified atom stereocenters. The Balaban J connectivity index is 1.93. The SMILES string of the molecule is CC(=O)Nc1ccc(CNc2ccc(C#N)cc2)cc1. The Morgan fingerprint density at radius 1 is 1.05 bits per heavy atom. The lowest BCUT2D eigenvalue weighted by atomic mass is 10.2. The molecule has 0 fully saturated rings. The second kappa shape index (κ2) is 6.39. The van der Waals surface area contributed by atoms with Crippen LogP contribution in [-0.2, 0) is 11.3 Å². The molecule has 0 radical (unpaired) electrons. The molecular formula is C16H15N3O. The van der Waals surface area contributed by atoms with Crippen LogP contribution in [0.2, 0.25) is 0 Å². The van der Waals surface area contributed by atoms with E-state index in [1.807, 2.05) is 36.4 Å². The summed E-state index contributed by atoms with van der Waals surface area (Å²) in [6, 6.07) is 17.1. The maximum Gasteiger partial charge on any atom is 0.221 e. The van der Waals surface area contributed by atoms with Gasteiger partial charge in [-0.05, 0) is 42.0 Å². The van der Waals surface area contributed by atoms with Crippen LogP contribution in [-0.4, -0.2) is 5.91 Å². The minimum absolute atomic E-state index is 0.0755. The second-order valence-corrected chi connectivity index (χ2v) is 4.42. The zero-order valence-corrected chi connectivity index (χ0v) is 11.2. The van der Waals surface area contributed by atoms with E-state index in [1.165, 1.54) is 6.92 Å². The number of hydrogen-bond acceptors (Lipinski definition) is 3. The Bertz CT molecular complexity index is 624. The minimum atomic E-state index is -0.0755. The summed E-state index contributed by atoms with van der Waals surface area (Å²) >= 11 is 0. The van der Waals surface area contributed by atoms with Crippen LogP contribution in [0.5, 0.6) is 0 Å². The number of carbonyl (C=O) groups is 1. The highest BCUT2D eigenvalue weighted by atomic mass is 16.1. The number of hydrogen-bond donors (Lipinski definition) is 2. The normalized spacial score (nSPS) is 9.60. The van der Waals surface area contributed by atoms with Crippen molar-refractivity contribution < 1.29 is 4.79 Å². The van der Waals surface area contributed by atoms with Gasteiger partial charge in [0.25, 0.3) is 0 Å². The number of carbonyl (C=O) groups excluding carboxylic acids is 1. The Kier molecular flexibility index (Phi) is 4.35. The molecule has 100 valence electrons. The van der Waals surface area contributed by atoms with Crippen molar-refractivity contribution in [1.29, 1.82) is 5.26 Å². The molecule has 0 aromatic heterocycles. The Hall–Kier alpha value is -2.80. The molecule has 4 heteroatoms. The van der Waals surface area contributed by atoms with Gasteiger partial charge < -0.3 is 10.6 Å². The van der Waals surface area contributed by atoms with Gasteiger partial charge in [0.2, 0.25) is 5.91 Å². The van der Waals surface area contributed by atoms with Crippen LogP contribution in [0.1, 0.15) is 18.1 Å². The minimum Gasteiger partial charge on any atom is -0.381 e. The van der Waals surface area contributed by atoms with Crippen molar-refractivity contribution in [3.05, 3.63) is 59.7 Å². The van der Waals surface area contributed by atoms with Crippen LogP contribution < -0.4 is 10.6 Å². The predicted octanol–water partition coefficient (Wildman–Crippen LogP) is 3.13. The molecule has 2 aromatic rings. The van der Waals surface area contributed by atoms with Crippen molar-refractivity contribution >= 4 is 17.3 Å². The zero-order valence-electron chi connectivity index (χ0n) is 11.2. The highest BCUT2D eigenvalue weighted by Gasteiger charge is 1.97. The van der Waals surface area contributed by atoms with Crippen molar-refractivity contribution in [2.24, 2.45) is 0 Å². The number of benzene rings is 2. The van der Waals surface area contributed by atoms with E-state index in [2.05, 4.69) is 16.7 Å².